The van der Waals surface area contributed by atoms with Gasteiger partial charge in [0.05, 0.1) is 5.56 Å². The smallest absolute Gasteiger partial charge is 0.241 e. The summed E-state index contributed by atoms with van der Waals surface area (Å²) >= 11 is 0. The van der Waals surface area contributed by atoms with Crippen molar-refractivity contribution in [3.63, 3.8) is 0 Å². The first-order chi connectivity index (χ1) is 15.3. The number of Topliss-reactive ketones (excluding diaryl/α,β-unsaturated/α-hetero) is 1. The summed E-state index contributed by atoms with van der Waals surface area (Å²) in [7, 11) is 0. The van der Waals surface area contributed by atoms with Crippen molar-refractivity contribution in [2.24, 2.45) is 11.3 Å². The number of hydrazine groups is 1. The van der Waals surface area contributed by atoms with E-state index in [9.17, 15) is 9.59 Å². The first kappa shape index (κ1) is 21.4. The highest BCUT2D eigenvalue weighted by atomic mass is 16.5. The van der Waals surface area contributed by atoms with Gasteiger partial charge in [-0.15, -0.1) is 0 Å². The number of benzene rings is 2. The van der Waals surface area contributed by atoms with E-state index >= 15 is 0 Å². The van der Waals surface area contributed by atoms with Gasteiger partial charge in [0.15, 0.2) is 5.78 Å². The van der Waals surface area contributed by atoms with Crippen LogP contribution in [0.2, 0.25) is 0 Å². The van der Waals surface area contributed by atoms with Gasteiger partial charge in [-0.1, -0.05) is 51.1 Å². The molecular formula is C26H33N3O3. The number of nitrogens with zero attached hydrogens (tertiary/aromatic N) is 1. The Morgan fingerprint density at radius 1 is 1.12 bits per heavy atom. The van der Waals surface area contributed by atoms with E-state index in [1.165, 1.54) is 0 Å². The lowest BCUT2D eigenvalue weighted by atomic mass is 9.84. The molecule has 2 N–H and O–H groups in total. The molecule has 3 aliphatic rings. The minimum absolute atomic E-state index is 0.0975. The Morgan fingerprint density at radius 2 is 1.94 bits per heavy atom. The van der Waals surface area contributed by atoms with Crippen LogP contribution in [0.1, 0.15) is 56.8 Å². The second kappa shape index (κ2) is 8.16. The van der Waals surface area contributed by atoms with E-state index < -0.39 is 0 Å². The minimum Gasteiger partial charge on any atom is -0.489 e. The number of carbonyl (C=O) groups is 2. The second-order valence-corrected chi connectivity index (χ2v) is 10.6. The maximum absolute atomic E-state index is 13.2. The molecule has 32 heavy (non-hydrogen) atoms. The number of nitrogens with one attached hydrogen (secondary N) is 2. The molecule has 1 amide bonds. The molecule has 3 heterocycles. The Kier molecular flexibility index (Phi) is 5.46. The van der Waals surface area contributed by atoms with Gasteiger partial charge in [-0.25, -0.2) is 5.43 Å². The van der Waals surface area contributed by atoms with Crippen LogP contribution in [0.25, 0.3) is 10.8 Å². The molecule has 4 unspecified atom stereocenters. The molecule has 2 aromatic rings. The lowest BCUT2D eigenvalue weighted by Gasteiger charge is -2.39. The molecule has 0 saturated carbocycles. The predicted molar refractivity (Wildman–Crippen MR) is 125 cm³/mol. The van der Waals surface area contributed by atoms with Crippen molar-refractivity contribution < 1.29 is 14.3 Å². The summed E-state index contributed by atoms with van der Waals surface area (Å²) in [6.45, 7) is 7.99. The normalized spacial score (nSPS) is 28.5. The lowest BCUT2D eigenvalue weighted by molar-refractivity contribution is -0.135. The molecule has 3 aliphatic heterocycles. The highest BCUT2D eigenvalue weighted by Gasteiger charge is 2.41. The van der Waals surface area contributed by atoms with E-state index in [1.807, 2.05) is 41.3 Å². The number of rotatable bonds is 2. The Hall–Kier alpha value is -2.44. The first-order valence-corrected chi connectivity index (χ1v) is 11.8. The number of piperidine rings is 1. The second-order valence-electron chi connectivity index (χ2n) is 10.6. The molecule has 5 rings (SSSR count). The van der Waals surface area contributed by atoms with Crippen LogP contribution in [0.15, 0.2) is 36.4 Å². The standard InChI is InChI=1S/C26H33N3O3/c1-26(2,3)23-13-19(27-28-23)25(31)29-12-6-8-17(15-29)22-14-20(30)24-18-9-5-4-7-16(18)10-11-21(24)32-22/h4-5,7,9-11,17,19,22-23,27-28H,6,8,12-15H2,1-3H3. The minimum atomic E-state index is -0.195. The van der Waals surface area contributed by atoms with E-state index in [0.29, 0.717) is 24.3 Å². The highest BCUT2D eigenvalue weighted by Crippen LogP contribution is 2.37. The SMILES string of the molecule is CC(C)(C)C1CC(C(=O)N2CCCC(C3CC(=O)c4c(ccc5ccccc45)O3)C2)NN1. The van der Waals surface area contributed by atoms with Gasteiger partial charge in [0.2, 0.25) is 5.91 Å². The number of carbonyl (C=O) groups excluding carboxylic acids is 2. The number of fused-ring (bicyclic) bond motifs is 3. The van der Waals surface area contributed by atoms with Crippen molar-refractivity contribution in [1.29, 1.82) is 0 Å². The molecule has 0 aliphatic carbocycles. The number of likely N-dealkylation sites (tertiary alicyclic amines) is 1. The van der Waals surface area contributed by atoms with Crippen LogP contribution in [0.5, 0.6) is 5.75 Å². The van der Waals surface area contributed by atoms with Gasteiger partial charge in [-0.3, -0.25) is 15.0 Å². The van der Waals surface area contributed by atoms with Crippen molar-refractivity contribution in [1.82, 2.24) is 15.8 Å². The average Bonchev–Trinajstić information content (AvgIpc) is 3.29. The summed E-state index contributed by atoms with van der Waals surface area (Å²) < 4.78 is 6.38. The van der Waals surface area contributed by atoms with Crippen molar-refractivity contribution in [3.05, 3.63) is 42.0 Å². The van der Waals surface area contributed by atoms with Crippen LogP contribution in [-0.4, -0.2) is 47.9 Å². The van der Waals surface area contributed by atoms with Crippen LogP contribution < -0.4 is 15.6 Å². The zero-order valence-corrected chi connectivity index (χ0v) is 19.2. The number of ketones is 1. The van der Waals surface area contributed by atoms with Gasteiger partial charge < -0.3 is 9.64 Å². The zero-order valence-electron chi connectivity index (χ0n) is 19.2. The molecule has 0 radical (unpaired) electrons. The monoisotopic (exact) mass is 435 g/mol. The maximum atomic E-state index is 13.2. The van der Waals surface area contributed by atoms with E-state index in [-0.39, 0.29) is 41.2 Å². The summed E-state index contributed by atoms with van der Waals surface area (Å²) in [6, 6.07) is 12.0. The van der Waals surface area contributed by atoms with Crippen LogP contribution in [0.4, 0.5) is 0 Å². The molecule has 6 heteroatoms. The lowest BCUT2D eigenvalue weighted by Crippen LogP contribution is -2.51. The van der Waals surface area contributed by atoms with Crippen LogP contribution in [0, 0.1) is 11.3 Å². The van der Waals surface area contributed by atoms with Crippen LogP contribution >= 0.6 is 0 Å². The third-order valence-corrected chi connectivity index (χ3v) is 7.38. The Bertz CT molecular complexity index is 1040. The molecule has 2 fully saturated rings. The van der Waals surface area contributed by atoms with Gasteiger partial charge in [-0.05, 0) is 41.5 Å². The molecule has 170 valence electrons. The molecule has 0 bridgehead atoms. The van der Waals surface area contributed by atoms with Gasteiger partial charge in [0.25, 0.3) is 0 Å². The van der Waals surface area contributed by atoms with Gasteiger partial charge in [-0.2, -0.15) is 0 Å². The summed E-state index contributed by atoms with van der Waals surface area (Å²) in [5, 5.41) is 2.02. The van der Waals surface area contributed by atoms with E-state index in [4.69, 9.17) is 4.74 Å². The van der Waals surface area contributed by atoms with Gasteiger partial charge in [0.1, 0.15) is 17.9 Å². The molecular weight excluding hydrogens is 402 g/mol. The Labute approximate surface area is 189 Å². The van der Waals surface area contributed by atoms with Gasteiger partial charge in [0, 0.05) is 31.5 Å². The van der Waals surface area contributed by atoms with Gasteiger partial charge >= 0.3 is 0 Å². The van der Waals surface area contributed by atoms with E-state index in [2.05, 4.69) is 31.6 Å². The molecule has 0 aromatic heterocycles. The Balaban J connectivity index is 1.29. The largest absolute Gasteiger partial charge is 0.489 e. The quantitative estimate of drug-likeness (QED) is 0.753. The molecule has 2 saturated heterocycles. The molecule has 6 nitrogen and oxygen atoms in total. The topological polar surface area (TPSA) is 70.7 Å². The van der Waals surface area contributed by atoms with Crippen molar-refractivity contribution >= 4 is 22.5 Å². The number of amides is 1. The average molecular weight is 436 g/mol. The fourth-order valence-electron chi connectivity index (χ4n) is 5.41. The van der Waals surface area contributed by atoms with Crippen molar-refractivity contribution in [2.75, 3.05) is 13.1 Å². The first-order valence-electron chi connectivity index (χ1n) is 11.8. The maximum Gasteiger partial charge on any atom is 0.241 e. The van der Waals surface area contributed by atoms with Crippen LogP contribution in [0.3, 0.4) is 0 Å². The summed E-state index contributed by atoms with van der Waals surface area (Å²) in [6.07, 6.45) is 2.92. The molecule has 4 atom stereocenters. The summed E-state index contributed by atoms with van der Waals surface area (Å²) in [5.41, 5.74) is 7.32. The molecule has 2 aromatic carbocycles. The summed E-state index contributed by atoms with van der Waals surface area (Å²) in [5.74, 6) is 1.15. The Morgan fingerprint density at radius 3 is 2.72 bits per heavy atom. The number of hydrogen-bond donors (Lipinski definition) is 2. The summed E-state index contributed by atoms with van der Waals surface area (Å²) in [4.78, 5) is 28.3. The van der Waals surface area contributed by atoms with Crippen molar-refractivity contribution in [2.45, 2.75) is 64.6 Å². The van der Waals surface area contributed by atoms with E-state index in [1.54, 1.807) is 0 Å². The fraction of sp³-hybridized carbons (Fsp3) is 0.538. The zero-order chi connectivity index (χ0) is 22.5. The third kappa shape index (κ3) is 3.90. The molecule has 0 spiro atoms. The fourth-order valence-corrected chi connectivity index (χ4v) is 5.41. The predicted octanol–water partition coefficient (Wildman–Crippen LogP) is 3.69. The highest BCUT2D eigenvalue weighted by molar-refractivity contribution is 6.11. The number of hydrogen-bond acceptors (Lipinski definition) is 5. The third-order valence-electron chi connectivity index (χ3n) is 7.38. The van der Waals surface area contributed by atoms with E-state index in [0.717, 1.165) is 36.6 Å². The van der Waals surface area contributed by atoms with Crippen molar-refractivity contribution in [3.8, 4) is 5.75 Å². The van der Waals surface area contributed by atoms with Crippen LogP contribution in [-0.2, 0) is 4.79 Å². The number of ether oxygens (including phenoxy) is 1.